The van der Waals surface area contributed by atoms with Gasteiger partial charge in [0.2, 0.25) is 10.0 Å². The highest BCUT2D eigenvalue weighted by Crippen LogP contribution is 2.26. The van der Waals surface area contributed by atoms with Crippen LogP contribution in [0.2, 0.25) is 0 Å². The molecular formula is C24H26N2O4S. The van der Waals surface area contributed by atoms with Crippen LogP contribution in [0.4, 0.5) is 0 Å². The van der Waals surface area contributed by atoms with E-state index in [1.54, 1.807) is 37.5 Å². The van der Waals surface area contributed by atoms with Gasteiger partial charge in [0.1, 0.15) is 11.8 Å². The molecule has 4 rings (SSSR count). The molecule has 1 atom stereocenters. The number of benzene rings is 2. The van der Waals surface area contributed by atoms with E-state index in [1.165, 1.54) is 10.4 Å². The van der Waals surface area contributed by atoms with Crippen LogP contribution < -0.4 is 5.32 Å². The summed E-state index contributed by atoms with van der Waals surface area (Å²) in [7, 11) is -3.64. The van der Waals surface area contributed by atoms with Gasteiger partial charge in [-0.05, 0) is 55.2 Å². The van der Waals surface area contributed by atoms with Crippen LogP contribution in [-0.4, -0.2) is 31.7 Å². The summed E-state index contributed by atoms with van der Waals surface area (Å²) in [4.78, 5) is 13.3. The maximum atomic E-state index is 13.2. The molecule has 162 valence electrons. The lowest BCUT2D eigenvalue weighted by Gasteiger charge is -2.26. The summed E-state index contributed by atoms with van der Waals surface area (Å²) in [5.74, 6) is 0.244. The Labute approximate surface area is 182 Å². The number of hydrogen-bond donors (Lipinski definition) is 1. The van der Waals surface area contributed by atoms with Gasteiger partial charge in [0.15, 0.2) is 0 Å². The van der Waals surface area contributed by atoms with Gasteiger partial charge in [0.25, 0.3) is 5.91 Å². The molecule has 0 saturated carbocycles. The molecule has 1 aliphatic heterocycles. The molecule has 2 aromatic carbocycles. The minimum atomic E-state index is -3.64. The third-order valence-electron chi connectivity index (χ3n) is 5.62. The van der Waals surface area contributed by atoms with E-state index in [4.69, 9.17) is 4.42 Å². The molecule has 1 aromatic heterocycles. The smallest absolute Gasteiger partial charge is 0.252 e. The molecule has 3 aromatic rings. The van der Waals surface area contributed by atoms with Crippen molar-refractivity contribution in [2.24, 2.45) is 0 Å². The quantitative estimate of drug-likeness (QED) is 0.623. The fourth-order valence-electron chi connectivity index (χ4n) is 3.90. The number of hydrogen-bond acceptors (Lipinski definition) is 4. The summed E-state index contributed by atoms with van der Waals surface area (Å²) in [6, 6.07) is 17.4. The number of amides is 1. The molecule has 7 heteroatoms. The first-order valence-corrected chi connectivity index (χ1v) is 11.9. The van der Waals surface area contributed by atoms with E-state index in [9.17, 15) is 13.2 Å². The predicted molar refractivity (Wildman–Crippen MR) is 118 cm³/mol. The molecule has 0 bridgehead atoms. The minimum absolute atomic E-state index is 0.191. The zero-order valence-corrected chi connectivity index (χ0v) is 18.3. The molecule has 1 N–H and O–H groups in total. The van der Waals surface area contributed by atoms with E-state index in [-0.39, 0.29) is 10.8 Å². The zero-order valence-electron chi connectivity index (χ0n) is 17.5. The van der Waals surface area contributed by atoms with Crippen molar-refractivity contribution in [2.75, 3.05) is 13.1 Å². The SMILES string of the molecule is Cc1ccc(C(=O)NC(c2ccccc2)c2ccco2)cc1S(=O)(=O)N1CCCCC1. The Morgan fingerprint density at radius 1 is 1.00 bits per heavy atom. The monoisotopic (exact) mass is 438 g/mol. The summed E-state index contributed by atoms with van der Waals surface area (Å²) in [5.41, 5.74) is 1.81. The first kappa shape index (κ1) is 21.3. The van der Waals surface area contributed by atoms with E-state index in [2.05, 4.69) is 5.32 Å². The second-order valence-electron chi connectivity index (χ2n) is 7.78. The molecule has 1 amide bonds. The van der Waals surface area contributed by atoms with E-state index < -0.39 is 16.1 Å². The minimum Gasteiger partial charge on any atom is -0.467 e. The van der Waals surface area contributed by atoms with Crippen LogP contribution >= 0.6 is 0 Å². The second-order valence-corrected chi connectivity index (χ2v) is 9.68. The van der Waals surface area contributed by atoms with Crippen LogP contribution in [0.5, 0.6) is 0 Å². The van der Waals surface area contributed by atoms with Gasteiger partial charge < -0.3 is 9.73 Å². The van der Waals surface area contributed by atoms with Crippen molar-refractivity contribution in [3.63, 3.8) is 0 Å². The Hall–Kier alpha value is -2.90. The number of aryl methyl sites for hydroxylation is 1. The van der Waals surface area contributed by atoms with Crippen molar-refractivity contribution >= 4 is 15.9 Å². The maximum Gasteiger partial charge on any atom is 0.252 e. The van der Waals surface area contributed by atoms with Crippen molar-refractivity contribution < 1.29 is 17.6 Å². The van der Waals surface area contributed by atoms with Crippen molar-refractivity contribution in [3.05, 3.63) is 89.4 Å². The fraction of sp³-hybridized carbons (Fsp3) is 0.292. The molecule has 1 saturated heterocycles. The predicted octanol–water partition coefficient (Wildman–Crippen LogP) is 4.28. The highest BCUT2D eigenvalue weighted by Gasteiger charge is 2.28. The van der Waals surface area contributed by atoms with Gasteiger partial charge in [-0.25, -0.2) is 8.42 Å². The summed E-state index contributed by atoms with van der Waals surface area (Å²) in [6.45, 7) is 2.80. The summed E-state index contributed by atoms with van der Waals surface area (Å²) in [6.07, 6.45) is 4.33. The van der Waals surface area contributed by atoms with E-state index in [0.717, 1.165) is 24.8 Å². The van der Waals surface area contributed by atoms with Gasteiger partial charge in [0, 0.05) is 18.7 Å². The summed E-state index contributed by atoms with van der Waals surface area (Å²) in [5, 5.41) is 2.99. The van der Waals surface area contributed by atoms with E-state index in [1.807, 2.05) is 30.3 Å². The average molecular weight is 439 g/mol. The number of nitrogens with one attached hydrogen (secondary N) is 1. The Morgan fingerprint density at radius 3 is 2.42 bits per heavy atom. The number of furan rings is 1. The van der Waals surface area contributed by atoms with Gasteiger partial charge >= 0.3 is 0 Å². The Bertz CT molecular complexity index is 1140. The van der Waals surface area contributed by atoms with Crippen molar-refractivity contribution in [3.8, 4) is 0 Å². The normalized spacial score (nSPS) is 16.0. The molecule has 31 heavy (non-hydrogen) atoms. The number of piperidine rings is 1. The van der Waals surface area contributed by atoms with Gasteiger partial charge in [-0.2, -0.15) is 4.31 Å². The van der Waals surface area contributed by atoms with Gasteiger partial charge in [0.05, 0.1) is 11.2 Å². The maximum absolute atomic E-state index is 13.2. The number of carbonyl (C=O) groups excluding carboxylic acids is 1. The molecule has 0 spiro atoms. The molecule has 6 nitrogen and oxygen atoms in total. The lowest BCUT2D eigenvalue weighted by Crippen LogP contribution is -2.36. The van der Waals surface area contributed by atoms with Crippen molar-refractivity contribution in [1.82, 2.24) is 9.62 Å². The molecule has 1 fully saturated rings. The summed E-state index contributed by atoms with van der Waals surface area (Å²) < 4.78 is 33.5. The van der Waals surface area contributed by atoms with Crippen LogP contribution in [0.15, 0.2) is 76.2 Å². The van der Waals surface area contributed by atoms with Gasteiger partial charge in [-0.15, -0.1) is 0 Å². The first-order valence-electron chi connectivity index (χ1n) is 10.5. The molecule has 1 unspecified atom stereocenters. The highest BCUT2D eigenvalue weighted by atomic mass is 32.2. The topological polar surface area (TPSA) is 79.6 Å². The second kappa shape index (κ2) is 9.08. The molecular weight excluding hydrogens is 412 g/mol. The standard InChI is InChI=1S/C24H26N2O4S/c1-18-12-13-20(17-22(18)31(28,29)26-14-6-3-7-15-26)24(27)25-23(21-11-8-16-30-21)19-9-4-2-5-10-19/h2,4-5,8-13,16-17,23H,3,6-7,14-15H2,1H3,(H,25,27). The Kier molecular flexibility index (Phi) is 6.25. The van der Waals surface area contributed by atoms with Crippen LogP contribution in [0.3, 0.4) is 0 Å². The number of rotatable bonds is 6. The third kappa shape index (κ3) is 4.57. The Morgan fingerprint density at radius 2 is 1.74 bits per heavy atom. The summed E-state index contributed by atoms with van der Waals surface area (Å²) >= 11 is 0. The van der Waals surface area contributed by atoms with Gasteiger partial charge in [-0.1, -0.05) is 42.8 Å². The lowest BCUT2D eigenvalue weighted by molar-refractivity contribution is 0.0938. The number of sulfonamides is 1. The van der Waals surface area contributed by atoms with Crippen LogP contribution in [0, 0.1) is 6.92 Å². The number of nitrogens with zero attached hydrogens (tertiary/aromatic N) is 1. The highest BCUT2D eigenvalue weighted by molar-refractivity contribution is 7.89. The van der Waals surface area contributed by atoms with Crippen molar-refractivity contribution in [2.45, 2.75) is 37.1 Å². The van der Waals surface area contributed by atoms with Crippen molar-refractivity contribution in [1.29, 1.82) is 0 Å². The van der Waals surface area contributed by atoms with Gasteiger partial charge in [-0.3, -0.25) is 4.79 Å². The molecule has 0 radical (unpaired) electrons. The third-order valence-corrected chi connectivity index (χ3v) is 7.66. The van der Waals surface area contributed by atoms with Crippen LogP contribution in [0.1, 0.15) is 52.5 Å². The van der Waals surface area contributed by atoms with Crippen LogP contribution in [0.25, 0.3) is 0 Å². The van der Waals surface area contributed by atoms with E-state index in [0.29, 0.717) is 30.0 Å². The lowest BCUT2D eigenvalue weighted by atomic mass is 10.0. The van der Waals surface area contributed by atoms with E-state index >= 15 is 0 Å². The average Bonchev–Trinajstić information content (AvgIpc) is 3.33. The fourth-order valence-corrected chi connectivity index (χ4v) is 5.67. The van der Waals surface area contributed by atoms with Crippen LogP contribution in [-0.2, 0) is 10.0 Å². The number of carbonyl (C=O) groups is 1. The molecule has 2 heterocycles. The largest absolute Gasteiger partial charge is 0.467 e. The Balaban J connectivity index is 1.63. The zero-order chi connectivity index (χ0) is 21.8. The first-order chi connectivity index (χ1) is 15.0. The molecule has 0 aliphatic carbocycles. The molecule has 1 aliphatic rings.